The van der Waals surface area contributed by atoms with Gasteiger partial charge in [-0.3, -0.25) is 47.4 Å². The van der Waals surface area contributed by atoms with E-state index in [1.165, 1.54) is 42.6 Å². The number of aryl methyl sites for hydroxylation is 9. The predicted octanol–water partition coefficient (Wildman–Crippen LogP) is 18.5. The van der Waals surface area contributed by atoms with E-state index in [9.17, 15) is 24.0 Å². The van der Waals surface area contributed by atoms with Crippen LogP contribution in [0.5, 0.6) is 0 Å². The molecule has 108 heavy (non-hydrogen) atoms. The summed E-state index contributed by atoms with van der Waals surface area (Å²) in [5, 5.41) is 23.0. The molecule has 15 heterocycles. The van der Waals surface area contributed by atoms with Crippen LogP contribution in [0, 0.1) is 40.5 Å². The molecule has 5 fully saturated rings. The van der Waals surface area contributed by atoms with Crippen molar-refractivity contribution < 1.29 is 24.0 Å². The van der Waals surface area contributed by atoms with Gasteiger partial charge in [-0.25, -0.2) is 0 Å². The first kappa shape index (κ1) is 80.9. The van der Waals surface area contributed by atoms with E-state index in [1.54, 1.807) is 56.7 Å². The van der Waals surface area contributed by atoms with Crippen LogP contribution in [0.4, 0.5) is 0 Å². The van der Waals surface area contributed by atoms with Crippen molar-refractivity contribution in [1.29, 1.82) is 0 Å². The van der Waals surface area contributed by atoms with Crippen molar-refractivity contribution in [3.63, 3.8) is 0 Å². The second-order valence-electron chi connectivity index (χ2n) is 29.2. The highest BCUT2D eigenvalue weighted by atomic mass is 32.1. The van der Waals surface area contributed by atoms with Gasteiger partial charge in [-0.2, -0.15) is 25.5 Å². The molecule has 10 aromatic rings. The maximum absolute atomic E-state index is 12.6. The van der Waals surface area contributed by atoms with Gasteiger partial charge in [0.1, 0.15) is 28.5 Å². The summed E-state index contributed by atoms with van der Waals surface area (Å²) in [6, 6.07) is 28.2. The van der Waals surface area contributed by atoms with Crippen LogP contribution in [-0.4, -0.2) is 168 Å². The summed E-state index contributed by atoms with van der Waals surface area (Å²) in [7, 11) is 3.93. The first-order valence-corrected chi connectivity index (χ1v) is 43.4. The van der Waals surface area contributed by atoms with E-state index in [1.807, 2.05) is 124 Å². The number of amides is 5. The van der Waals surface area contributed by atoms with E-state index in [0.717, 1.165) is 269 Å². The molecule has 20 nitrogen and oxygen atoms in total. The highest BCUT2D eigenvalue weighted by Crippen LogP contribution is 2.36. The van der Waals surface area contributed by atoms with E-state index >= 15 is 0 Å². The fraction of sp³-hybridized carbons (Fsp3) is 0.518. The number of piperidine rings is 5. The molecule has 10 aromatic heterocycles. The minimum Gasteiger partial charge on any atom is -0.338 e. The summed E-state index contributed by atoms with van der Waals surface area (Å²) in [5.74, 6) is 1.64. The van der Waals surface area contributed by atoms with Crippen LogP contribution in [0.3, 0.4) is 0 Å². The molecule has 5 aliphatic rings. The van der Waals surface area contributed by atoms with Gasteiger partial charge in [0.15, 0.2) is 0 Å². The average molecular weight is 1560 g/mol. The minimum atomic E-state index is 0.172. The highest BCUT2D eigenvalue weighted by molar-refractivity contribution is 7.18. The van der Waals surface area contributed by atoms with Crippen molar-refractivity contribution >= 4 is 86.2 Å². The fourth-order valence-electron chi connectivity index (χ4n) is 14.4. The molecule has 5 saturated heterocycles. The molecule has 15 rings (SSSR count). The van der Waals surface area contributed by atoms with E-state index in [0.29, 0.717) is 0 Å². The maximum Gasteiger partial charge on any atom is 0.263 e. The highest BCUT2D eigenvalue weighted by Gasteiger charge is 2.28. The lowest BCUT2D eigenvalue weighted by Crippen LogP contribution is -2.37. The molecule has 5 amide bonds. The summed E-state index contributed by atoms with van der Waals surface area (Å²) in [5.41, 5.74) is 12.1. The molecule has 0 bridgehead atoms. The number of thiophene rings is 5. The number of rotatable bonds is 16. The molecule has 0 aliphatic carbocycles. The van der Waals surface area contributed by atoms with E-state index in [2.05, 4.69) is 118 Å². The monoisotopic (exact) mass is 1560 g/mol. The Morgan fingerprint density at radius 1 is 0.361 bits per heavy atom. The Balaban J connectivity index is 0.000000134. The zero-order chi connectivity index (χ0) is 76.5. The Kier molecular flexibility index (Phi) is 28.8. The molecule has 5 aliphatic heterocycles. The second-order valence-corrected chi connectivity index (χ2v) is 34.6. The van der Waals surface area contributed by atoms with Crippen LogP contribution in [-0.2, 0) is 40.2 Å². The maximum atomic E-state index is 12.6. The third kappa shape index (κ3) is 20.3. The number of nitrogens with zero attached hydrogens (tertiary/aromatic N) is 15. The van der Waals surface area contributed by atoms with Crippen LogP contribution in [0.2, 0.25) is 0 Å². The van der Waals surface area contributed by atoms with E-state index < -0.39 is 0 Å². The molecular formula is C83H111N15O5S5. The van der Waals surface area contributed by atoms with E-state index in [-0.39, 0.29) is 29.5 Å². The zero-order valence-corrected chi connectivity index (χ0v) is 69.7. The number of aromatic nitrogens is 10. The zero-order valence-electron chi connectivity index (χ0n) is 65.7. The molecular weight excluding hydrogens is 1450 g/mol. The summed E-state index contributed by atoms with van der Waals surface area (Å²) in [6.45, 7) is 32.8. The van der Waals surface area contributed by atoms with Gasteiger partial charge in [-0.15, -0.1) is 56.7 Å². The van der Waals surface area contributed by atoms with Crippen LogP contribution >= 0.6 is 56.7 Å². The standard InChI is InChI=1S/C18H25N3OS.C17H23N3OS.3C16H21N3OS/c1-4-8-14-13(2)20(3)19-17(14)15-9-10-16(23-15)18(22)21-11-6-5-7-12-21;1-3-9-20-13(2)12-14(18-20)15-7-8-16(22-15)17(21)19-10-5-4-6-11-19;1-11-6-8-19(9-7-11)16(20)15-5-4-14(21-15)13-10-12(2)18(3)17-13;2*1-3-19-12(2)11-13(17-19)14-7-8-15(21-14)16(20)18-9-5-4-6-10-18/h9-10H,4-8,11-12H2,1-3H3;7-8,12H,3-6,9-11H2,1-2H3;4-5,10-11H,6-9H2,1-3H3;2*7-8,11H,3-6,9-10H2,1-2H3. The number of hydrogen-bond donors (Lipinski definition) is 0. The topological polar surface area (TPSA) is 191 Å². The van der Waals surface area contributed by atoms with Crippen LogP contribution < -0.4 is 0 Å². The minimum absolute atomic E-state index is 0.172. The van der Waals surface area contributed by atoms with Crippen molar-refractivity contribution in [2.24, 2.45) is 20.0 Å². The molecule has 0 unspecified atom stereocenters. The van der Waals surface area contributed by atoms with Gasteiger partial charge in [-0.05, 0) is 242 Å². The summed E-state index contributed by atoms with van der Waals surface area (Å²) < 4.78 is 9.83. The molecule has 0 spiro atoms. The molecule has 0 radical (unpaired) electrons. The summed E-state index contributed by atoms with van der Waals surface area (Å²) in [4.78, 5) is 82.2. The van der Waals surface area contributed by atoms with E-state index in [4.69, 9.17) is 0 Å². The first-order valence-electron chi connectivity index (χ1n) is 39.4. The second kappa shape index (κ2) is 38.5. The predicted molar refractivity (Wildman–Crippen MR) is 442 cm³/mol. The van der Waals surface area contributed by atoms with Crippen molar-refractivity contribution in [2.45, 2.75) is 198 Å². The molecule has 0 aromatic carbocycles. The molecule has 0 N–H and O–H groups in total. The lowest BCUT2D eigenvalue weighted by molar-refractivity contribution is 0.0698. The van der Waals surface area contributed by atoms with Gasteiger partial charge < -0.3 is 24.5 Å². The number of carbonyl (C=O) groups is 5. The molecule has 0 saturated carbocycles. The van der Waals surface area contributed by atoms with Gasteiger partial charge in [-0.1, -0.05) is 27.2 Å². The van der Waals surface area contributed by atoms with Crippen molar-refractivity contribution in [2.75, 3.05) is 65.4 Å². The van der Waals surface area contributed by atoms with Crippen molar-refractivity contribution in [3.8, 4) is 52.9 Å². The molecule has 578 valence electrons. The smallest absolute Gasteiger partial charge is 0.263 e. The van der Waals surface area contributed by atoms with Gasteiger partial charge in [0.25, 0.3) is 29.5 Å². The lowest BCUT2D eigenvalue weighted by Gasteiger charge is -2.29. The third-order valence-corrected chi connectivity index (χ3v) is 26.5. The molecule has 0 atom stereocenters. The Morgan fingerprint density at radius 3 is 0.981 bits per heavy atom. The average Bonchev–Trinajstić information content (AvgIpc) is 1.70. The lowest BCUT2D eigenvalue weighted by atomic mass is 9.99. The first-order chi connectivity index (χ1) is 52.2. The van der Waals surface area contributed by atoms with Gasteiger partial charge >= 0.3 is 0 Å². The summed E-state index contributed by atoms with van der Waals surface area (Å²) >= 11 is 7.79. The number of likely N-dealkylation sites (tertiary alicyclic amines) is 5. The summed E-state index contributed by atoms with van der Waals surface area (Å²) in [6.07, 6.45) is 19.4. The fourth-order valence-corrected chi connectivity index (χ4v) is 19.1. The normalized spacial score (nSPS) is 15.5. The largest absolute Gasteiger partial charge is 0.338 e. The Hall–Kier alpha value is -8.10. The number of carbonyl (C=O) groups excluding carboxylic acids is 5. The van der Waals surface area contributed by atoms with Crippen LogP contribution in [0.1, 0.15) is 220 Å². The van der Waals surface area contributed by atoms with Gasteiger partial charge in [0.05, 0.1) is 48.8 Å². The van der Waals surface area contributed by atoms with Gasteiger partial charge in [0, 0.05) is 133 Å². The quantitative estimate of drug-likeness (QED) is 0.0899. The van der Waals surface area contributed by atoms with Crippen molar-refractivity contribution in [1.82, 2.24) is 73.4 Å². The number of hydrogen-bond acceptors (Lipinski definition) is 15. The Labute approximate surface area is 658 Å². The Morgan fingerprint density at radius 2 is 0.667 bits per heavy atom. The van der Waals surface area contributed by atoms with Gasteiger partial charge in [0.2, 0.25) is 0 Å². The van der Waals surface area contributed by atoms with Crippen molar-refractivity contribution in [3.05, 3.63) is 143 Å². The SMILES string of the molecule is CCCc1c(-c2ccc(C(=O)N3CCCCC3)s2)nn(C)c1C.CCCn1nc(-c2ccc(C(=O)N3CCCCC3)s2)cc1C.CCn1nc(-c2ccc(C(=O)N3CCCCC3)s2)cc1C.CCn1nc(-c2ccc(C(=O)N3CCCCC3)s2)cc1C.Cc1cc(-c2ccc(C(=O)N3CCC(C)CC3)s2)nn1C. The third-order valence-electron chi connectivity index (χ3n) is 21.0. The van der Waals surface area contributed by atoms with Crippen LogP contribution in [0.15, 0.2) is 84.9 Å². The Bertz CT molecular complexity index is 4480. The molecule has 25 heteroatoms. The van der Waals surface area contributed by atoms with Crippen LogP contribution in [0.25, 0.3) is 52.9 Å².